The maximum atomic E-state index is 12.2. The first-order chi connectivity index (χ1) is 12.8. The van der Waals surface area contributed by atoms with Crippen molar-refractivity contribution in [2.75, 3.05) is 19.0 Å². The van der Waals surface area contributed by atoms with Gasteiger partial charge in [0.2, 0.25) is 0 Å². The van der Waals surface area contributed by atoms with E-state index < -0.39 is 4.92 Å². The number of fused-ring (bicyclic) bond motifs is 1. The molecule has 0 aliphatic rings. The van der Waals surface area contributed by atoms with Gasteiger partial charge in [-0.15, -0.1) is 0 Å². The van der Waals surface area contributed by atoms with Gasteiger partial charge in [0, 0.05) is 25.2 Å². The summed E-state index contributed by atoms with van der Waals surface area (Å²) in [5.74, 6) is 0.149. The fraction of sp³-hybridized carbons (Fsp3) is 0.111. The van der Waals surface area contributed by atoms with E-state index in [1.165, 1.54) is 12.1 Å². The average molecular weight is 405 g/mol. The fourth-order valence-electron chi connectivity index (χ4n) is 2.60. The van der Waals surface area contributed by atoms with Crippen molar-refractivity contribution in [1.82, 2.24) is 9.97 Å². The first-order valence-corrected chi connectivity index (χ1v) is 8.55. The van der Waals surface area contributed by atoms with Crippen LogP contribution in [0.2, 0.25) is 5.02 Å². The van der Waals surface area contributed by atoms with E-state index in [0.29, 0.717) is 27.2 Å². The van der Waals surface area contributed by atoms with Crippen molar-refractivity contribution in [3.8, 4) is 0 Å². The number of nitrogens with one attached hydrogen (secondary N) is 1. The Morgan fingerprint density at radius 2 is 2.00 bits per heavy atom. The molecule has 1 heterocycles. The first kappa shape index (κ1) is 18.9. The first-order valence-electron chi connectivity index (χ1n) is 7.79. The molecule has 7 nitrogen and oxygen atoms in total. The monoisotopic (exact) mass is 404 g/mol. The normalized spacial score (nSPS) is 11.6. The maximum Gasteiger partial charge on any atom is 0.293 e. The topological polar surface area (TPSA) is 92.1 Å². The Balaban J connectivity index is 2.08. The van der Waals surface area contributed by atoms with Gasteiger partial charge in [-0.1, -0.05) is 29.3 Å². The van der Waals surface area contributed by atoms with E-state index in [4.69, 9.17) is 23.2 Å². The van der Waals surface area contributed by atoms with Crippen LogP contribution in [0.3, 0.4) is 0 Å². The third-order valence-electron chi connectivity index (χ3n) is 3.87. The number of nitrogens with zero attached hydrogens (tertiary/aromatic N) is 3. The molecule has 2 aromatic carbocycles. The minimum absolute atomic E-state index is 0.0510. The SMILES string of the molecule is CN(C)c1ccc(/C=C(\Cl)c2nc3cc(Cl)ccc3c(=O)[nH]2)cc1[N+](=O)[O-]. The second-order valence-electron chi connectivity index (χ2n) is 5.97. The molecule has 1 aromatic heterocycles. The number of H-pyrrole nitrogens is 1. The molecule has 3 rings (SSSR count). The lowest BCUT2D eigenvalue weighted by atomic mass is 10.1. The minimum Gasteiger partial charge on any atom is -0.372 e. The van der Waals surface area contributed by atoms with Gasteiger partial charge in [0.15, 0.2) is 5.82 Å². The van der Waals surface area contributed by atoms with Gasteiger partial charge in [0.05, 0.1) is 20.9 Å². The summed E-state index contributed by atoms with van der Waals surface area (Å²) in [7, 11) is 3.44. The molecule has 0 saturated heterocycles. The Morgan fingerprint density at radius 3 is 2.67 bits per heavy atom. The molecular weight excluding hydrogens is 391 g/mol. The maximum absolute atomic E-state index is 12.2. The zero-order chi connectivity index (χ0) is 19.7. The lowest BCUT2D eigenvalue weighted by Gasteiger charge is -2.12. The largest absolute Gasteiger partial charge is 0.372 e. The third-order valence-corrected chi connectivity index (χ3v) is 4.39. The number of benzene rings is 2. The Kier molecular flexibility index (Phi) is 5.16. The van der Waals surface area contributed by atoms with Crippen LogP contribution in [0.15, 0.2) is 41.2 Å². The van der Waals surface area contributed by atoms with Gasteiger partial charge in [0.25, 0.3) is 11.2 Å². The van der Waals surface area contributed by atoms with Crippen LogP contribution < -0.4 is 10.5 Å². The van der Waals surface area contributed by atoms with Crippen LogP contribution in [-0.2, 0) is 0 Å². The number of nitro groups is 1. The molecular formula is C18H14Cl2N4O3. The van der Waals surface area contributed by atoms with Crippen molar-refractivity contribution in [2.24, 2.45) is 0 Å². The van der Waals surface area contributed by atoms with Crippen LogP contribution in [0.25, 0.3) is 22.0 Å². The summed E-state index contributed by atoms with van der Waals surface area (Å²) in [6.45, 7) is 0. The predicted octanol–water partition coefficient (Wildman–Crippen LogP) is 4.29. The number of hydrogen-bond acceptors (Lipinski definition) is 5. The quantitative estimate of drug-likeness (QED) is 0.517. The minimum atomic E-state index is -0.460. The number of halogens is 2. The molecule has 27 heavy (non-hydrogen) atoms. The molecule has 138 valence electrons. The van der Waals surface area contributed by atoms with Crippen molar-refractivity contribution in [2.45, 2.75) is 0 Å². The summed E-state index contributed by atoms with van der Waals surface area (Å²) in [4.78, 5) is 31.6. The molecule has 0 aliphatic carbocycles. The zero-order valence-corrected chi connectivity index (χ0v) is 15.9. The molecule has 0 amide bonds. The van der Waals surface area contributed by atoms with Gasteiger partial charge >= 0.3 is 0 Å². The van der Waals surface area contributed by atoms with Crippen molar-refractivity contribution in [3.05, 3.63) is 73.3 Å². The molecule has 3 aromatic rings. The molecule has 1 N–H and O–H groups in total. The highest BCUT2D eigenvalue weighted by molar-refractivity contribution is 6.50. The highest BCUT2D eigenvalue weighted by atomic mass is 35.5. The second-order valence-corrected chi connectivity index (χ2v) is 6.81. The Morgan fingerprint density at radius 1 is 1.26 bits per heavy atom. The average Bonchev–Trinajstić information content (AvgIpc) is 2.60. The summed E-state index contributed by atoms with van der Waals surface area (Å²) in [6.07, 6.45) is 1.50. The second kappa shape index (κ2) is 7.38. The Labute approximate surface area is 164 Å². The smallest absolute Gasteiger partial charge is 0.293 e. The number of hydrogen-bond donors (Lipinski definition) is 1. The lowest BCUT2D eigenvalue weighted by Crippen LogP contribution is -2.11. The lowest BCUT2D eigenvalue weighted by molar-refractivity contribution is -0.384. The molecule has 0 fully saturated rings. The predicted molar refractivity (Wildman–Crippen MR) is 109 cm³/mol. The highest BCUT2D eigenvalue weighted by Crippen LogP contribution is 2.30. The van der Waals surface area contributed by atoms with E-state index >= 15 is 0 Å². The number of nitro benzene ring substituents is 1. The number of aromatic amines is 1. The van der Waals surface area contributed by atoms with Crippen LogP contribution in [0.4, 0.5) is 11.4 Å². The highest BCUT2D eigenvalue weighted by Gasteiger charge is 2.16. The molecule has 0 saturated carbocycles. The van der Waals surface area contributed by atoms with Crippen LogP contribution in [0.5, 0.6) is 0 Å². The van der Waals surface area contributed by atoms with E-state index in [1.807, 2.05) is 0 Å². The molecule has 0 spiro atoms. The van der Waals surface area contributed by atoms with Crippen LogP contribution >= 0.6 is 23.2 Å². The van der Waals surface area contributed by atoms with E-state index in [0.717, 1.165) is 0 Å². The van der Waals surface area contributed by atoms with Crippen molar-refractivity contribution in [3.63, 3.8) is 0 Å². The van der Waals surface area contributed by atoms with E-state index in [1.54, 1.807) is 49.3 Å². The van der Waals surface area contributed by atoms with Gasteiger partial charge in [0.1, 0.15) is 5.69 Å². The van der Waals surface area contributed by atoms with Crippen LogP contribution in [0.1, 0.15) is 11.4 Å². The molecule has 0 radical (unpaired) electrons. The third kappa shape index (κ3) is 3.94. The van der Waals surface area contributed by atoms with Gasteiger partial charge in [-0.05, 0) is 35.9 Å². The fourth-order valence-corrected chi connectivity index (χ4v) is 2.98. The molecule has 0 aliphatic heterocycles. The standard InChI is InChI=1S/C18H14Cl2N4O3/c1-23(2)15-6-3-10(8-16(15)24(26)27)7-13(20)17-21-14-9-11(19)4-5-12(14)18(25)22-17/h3-9H,1-2H3,(H,21,22,25)/b13-7-. The number of anilines is 1. The molecule has 9 heteroatoms. The zero-order valence-electron chi connectivity index (χ0n) is 14.4. The van der Waals surface area contributed by atoms with E-state index in [2.05, 4.69) is 9.97 Å². The summed E-state index contributed by atoms with van der Waals surface area (Å²) < 4.78 is 0. The van der Waals surface area contributed by atoms with Crippen LogP contribution in [0, 0.1) is 10.1 Å². The number of rotatable bonds is 4. The summed E-state index contributed by atoms with van der Waals surface area (Å²) in [5, 5.41) is 12.3. The molecule has 0 atom stereocenters. The van der Waals surface area contributed by atoms with Gasteiger partial charge in [-0.3, -0.25) is 14.9 Å². The van der Waals surface area contributed by atoms with Crippen LogP contribution in [-0.4, -0.2) is 29.0 Å². The summed E-state index contributed by atoms with van der Waals surface area (Å²) in [5.41, 5.74) is 0.977. The molecule has 0 bridgehead atoms. The van der Waals surface area contributed by atoms with Gasteiger partial charge < -0.3 is 9.88 Å². The summed E-state index contributed by atoms with van der Waals surface area (Å²) >= 11 is 12.3. The van der Waals surface area contributed by atoms with E-state index in [9.17, 15) is 14.9 Å². The summed E-state index contributed by atoms with van der Waals surface area (Å²) in [6, 6.07) is 9.48. The van der Waals surface area contributed by atoms with E-state index in [-0.39, 0.29) is 22.1 Å². The molecule has 0 unspecified atom stereocenters. The Bertz CT molecular complexity index is 1140. The van der Waals surface area contributed by atoms with Crippen molar-refractivity contribution >= 4 is 56.6 Å². The van der Waals surface area contributed by atoms with Crippen molar-refractivity contribution in [1.29, 1.82) is 0 Å². The van der Waals surface area contributed by atoms with Crippen molar-refractivity contribution < 1.29 is 4.92 Å². The Hall–Kier alpha value is -2.90. The van der Waals surface area contributed by atoms with Gasteiger partial charge in [-0.2, -0.15) is 0 Å². The van der Waals surface area contributed by atoms with Gasteiger partial charge in [-0.25, -0.2) is 4.98 Å². The number of aromatic nitrogens is 2.